The lowest BCUT2D eigenvalue weighted by Gasteiger charge is -2.26. The number of aryl methyl sites for hydroxylation is 1. The second-order valence-electron chi connectivity index (χ2n) is 6.22. The third-order valence-corrected chi connectivity index (χ3v) is 4.04. The summed E-state index contributed by atoms with van der Waals surface area (Å²) in [5.74, 6) is 2.52. The number of fused-ring (bicyclic) bond motifs is 1. The lowest BCUT2D eigenvalue weighted by Crippen LogP contribution is -2.22. The van der Waals surface area contributed by atoms with Crippen LogP contribution in [0.1, 0.15) is 33.3 Å². The van der Waals surface area contributed by atoms with Gasteiger partial charge in [-0.25, -0.2) is 4.98 Å². The fraction of sp³-hybridized carbons (Fsp3) is 0.562. The monoisotopic (exact) mass is 259 g/mol. The highest BCUT2D eigenvalue weighted by Gasteiger charge is 2.20. The molecule has 0 unspecified atom stereocenters. The van der Waals surface area contributed by atoms with Gasteiger partial charge in [0.05, 0.1) is 11.0 Å². The molecule has 2 rings (SSSR count). The van der Waals surface area contributed by atoms with Crippen LogP contribution in [0.25, 0.3) is 11.0 Å². The minimum atomic E-state index is 0.611. The van der Waals surface area contributed by atoms with Crippen LogP contribution < -0.4 is 5.73 Å². The van der Waals surface area contributed by atoms with Crippen molar-refractivity contribution in [2.75, 3.05) is 5.73 Å². The molecule has 0 saturated heterocycles. The number of aromatic nitrogens is 2. The molecule has 1 aromatic carbocycles. The first kappa shape index (κ1) is 13.9. The first-order valence-corrected chi connectivity index (χ1v) is 7.12. The van der Waals surface area contributed by atoms with E-state index in [9.17, 15) is 0 Å². The Kier molecular flexibility index (Phi) is 3.83. The average Bonchev–Trinajstić information content (AvgIpc) is 2.60. The maximum atomic E-state index is 6.10. The molecule has 3 nitrogen and oxygen atoms in total. The maximum absolute atomic E-state index is 6.10. The second-order valence-corrected chi connectivity index (χ2v) is 6.22. The van der Waals surface area contributed by atoms with E-state index in [1.165, 1.54) is 5.56 Å². The van der Waals surface area contributed by atoms with E-state index in [2.05, 4.69) is 62.4 Å². The molecule has 0 saturated carbocycles. The van der Waals surface area contributed by atoms with Crippen LogP contribution in [0.4, 0.5) is 5.95 Å². The topological polar surface area (TPSA) is 43.8 Å². The van der Waals surface area contributed by atoms with Gasteiger partial charge in [0.25, 0.3) is 0 Å². The zero-order valence-corrected chi connectivity index (χ0v) is 12.6. The Hall–Kier alpha value is -1.51. The van der Waals surface area contributed by atoms with Crippen molar-refractivity contribution in [1.29, 1.82) is 0 Å². The molecule has 0 aliphatic rings. The molecule has 1 aromatic heterocycles. The molecule has 0 atom stereocenters. The Morgan fingerprint density at radius 2 is 1.79 bits per heavy atom. The van der Waals surface area contributed by atoms with Gasteiger partial charge in [-0.1, -0.05) is 33.8 Å². The molecule has 0 bridgehead atoms. The van der Waals surface area contributed by atoms with E-state index in [4.69, 9.17) is 5.73 Å². The number of benzene rings is 1. The van der Waals surface area contributed by atoms with Crippen molar-refractivity contribution in [2.45, 2.75) is 41.2 Å². The summed E-state index contributed by atoms with van der Waals surface area (Å²) in [7, 11) is 0. The van der Waals surface area contributed by atoms with Gasteiger partial charge in [0.1, 0.15) is 0 Å². The fourth-order valence-corrected chi connectivity index (χ4v) is 2.85. The average molecular weight is 259 g/mol. The molecule has 2 N–H and O–H groups in total. The quantitative estimate of drug-likeness (QED) is 0.906. The maximum Gasteiger partial charge on any atom is 0.201 e. The summed E-state index contributed by atoms with van der Waals surface area (Å²) in [5.41, 5.74) is 9.50. The number of anilines is 1. The van der Waals surface area contributed by atoms with E-state index in [-0.39, 0.29) is 0 Å². The summed E-state index contributed by atoms with van der Waals surface area (Å²) in [6.07, 6.45) is 0. The Morgan fingerprint density at radius 1 is 1.16 bits per heavy atom. The SMILES string of the molecule is Cc1ccc2nc(N)n(CC(C(C)C)C(C)C)c2c1. The Bertz CT molecular complexity index is 559. The van der Waals surface area contributed by atoms with Gasteiger partial charge in [0, 0.05) is 6.54 Å². The summed E-state index contributed by atoms with van der Waals surface area (Å²) >= 11 is 0. The lowest BCUT2D eigenvalue weighted by atomic mass is 9.85. The molecule has 104 valence electrons. The van der Waals surface area contributed by atoms with Crippen molar-refractivity contribution in [1.82, 2.24) is 9.55 Å². The van der Waals surface area contributed by atoms with Crippen LogP contribution >= 0.6 is 0 Å². The fourth-order valence-electron chi connectivity index (χ4n) is 2.85. The third-order valence-electron chi connectivity index (χ3n) is 4.04. The number of imidazole rings is 1. The highest BCUT2D eigenvalue weighted by Crippen LogP contribution is 2.27. The number of hydrogen-bond acceptors (Lipinski definition) is 2. The summed E-state index contributed by atoms with van der Waals surface area (Å²) in [4.78, 5) is 4.47. The molecule has 0 aliphatic carbocycles. The third kappa shape index (κ3) is 2.75. The minimum Gasteiger partial charge on any atom is -0.369 e. The Morgan fingerprint density at radius 3 is 2.37 bits per heavy atom. The highest BCUT2D eigenvalue weighted by atomic mass is 15.2. The molecule has 3 heteroatoms. The van der Waals surface area contributed by atoms with E-state index in [0.29, 0.717) is 23.7 Å². The van der Waals surface area contributed by atoms with Crippen LogP contribution in [0.5, 0.6) is 0 Å². The van der Waals surface area contributed by atoms with Gasteiger partial charge in [-0.05, 0) is 42.4 Å². The van der Waals surface area contributed by atoms with Crippen LogP contribution in [0, 0.1) is 24.7 Å². The first-order chi connectivity index (χ1) is 8.90. The van der Waals surface area contributed by atoms with Crippen molar-refractivity contribution < 1.29 is 0 Å². The number of nitrogen functional groups attached to an aromatic ring is 1. The molecule has 2 aromatic rings. The molecule has 1 heterocycles. The van der Waals surface area contributed by atoms with Crippen molar-refractivity contribution in [3.05, 3.63) is 23.8 Å². The van der Waals surface area contributed by atoms with Gasteiger partial charge in [0.15, 0.2) is 0 Å². The standard InChI is InChI=1S/C16H25N3/c1-10(2)13(11(3)4)9-19-15-8-12(5)6-7-14(15)18-16(19)17/h6-8,10-11,13H,9H2,1-5H3,(H2,17,18). The summed E-state index contributed by atoms with van der Waals surface area (Å²) in [6, 6.07) is 6.31. The van der Waals surface area contributed by atoms with Crippen molar-refractivity contribution in [3.8, 4) is 0 Å². The summed E-state index contributed by atoms with van der Waals surface area (Å²) < 4.78 is 2.17. The minimum absolute atomic E-state index is 0.611. The number of nitrogens with zero attached hydrogens (tertiary/aromatic N) is 2. The number of nitrogens with two attached hydrogens (primary N) is 1. The van der Waals surface area contributed by atoms with Crippen LogP contribution in [0.2, 0.25) is 0 Å². The Balaban J connectivity index is 2.44. The predicted molar refractivity (Wildman–Crippen MR) is 82.0 cm³/mol. The molecule has 0 radical (unpaired) electrons. The second kappa shape index (κ2) is 5.24. The van der Waals surface area contributed by atoms with E-state index < -0.39 is 0 Å². The van der Waals surface area contributed by atoms with E-state index >= 15 is 0 Å². The number of hydrogen-bond donors (Lipinski definition) is 1. The van der Waals surface area contributed by atoms with Gasteiger partial charge in [0.2, 0.25) is 5.95 Å². The molecular weight excluding hydrogens is 234 g/mol. The van der Waals surface area contributed by atoms with Gasteiger partial charge in [-0.3, -0.25) is 0 Å². The van der Waals surface area contributed by atoms with Crippen LogP contribution in [0.3, 0.4) is 0 Å². The zero-order valence-electron chi connectivity index (χ0n) is 12.6. The molecule has 0 amide bonds. The normalized spacial score (nSPS) is 12.2. The summed E-state index contributed by atoms with van der Waals surface area (Å²) in [6.45, 7) is 12.2. The largest absolute Gasteiger partial charge is 0.369 e. The lowest BCUT2D eigenvalue weighted by molar-refractivity contribution is 0.255. The highest BCUT2D eigenvalue weighted by molar-refractivity contribution is 5.79. The van der Waals surface area contributed by atoms with Crippen LogP contribution in [-0.4, -0.2) is 9.55 Å². The van der Waals surface area contributed by atoms with Gasteiger partial charge in [-0.2, -0.15) is 0 Å². The van der Waals surface area contributed by atoms with Crippen molar-refractivity contribution in [2.24, 2.45) is 17.8 Å². The Labute approximate surface area is 115 Å². The van der Waals surface area contributed by atoms with Crippen LogP contribution in [0.15, 0.2) is 18.2 Å². The van der Waals surface area contributed by atoms with Gasteiger partial charge < -0.3 is 10.3 Å². The van der Waals surface area contributed by atoms with E-state index in [0.717, 1.165) is 17.6 Å². The summed E-state index contributed by atoms with van der Waals surface area (Å²) in [5, 5.41) is 0. The zero-order chi connectivity index (χ0) is 14.2. The van der Waals surface area contributed by atoms with E-state index in [1.807, 2.05) is 0 Å². The van der Waals surface area contributed by atoms with Crippen molar-refractivity contribution >= 4 is 17.0 Å². The first-order valence-electron chi connectivity index (χ1n) is 7.12. The molecular formula is C16H25N3. The van der Waals surface area contributed by atoms with E-state index in [1.54, 1.807) is 0 Å². The molecule has 19 heavy (non-hydrogen) atoms. The smallest absolute Gasteiger partial charge is 0.201 e. The van der Waals surface area contributed by atoms with Gasteiger partial charge in [-0.15, -0.1) is 0 Å². The molecule has 0 fully saturated rings. The molecule has 0 aliphatic heterocycles. The van der Waals surface area contributed by atoms with Crippen LogP contribution in [-0.2, 0) is 6.54 Å². The van der Waals surface area contributed by atoms with Gasteiger partial charge >= 0.3 is 0 Å². The van der Waals surface area contributed by atoms with Crippen molar-refractivity contribution in [3.63, 3.8) is 0 Å². The molecule has 0 spiro atoms. The predicted octanol–water partition coefficient (Wildman–Crippen LogP) is 3.86. The number of rotatable bonds is 4.